The Labute approximate surface area is 125 Å². The predicted octanol–water partition coefficient (Wildman–Crippen LogP) is 4.82. The van der Waals surface area contributed by atoms with E-state index in [1.165, 1.54) is 56.7 Å². The fraction of sp³-hybridized carbons (Fsp3) is 1.00. The molecule has 1 rings (SSSR count). The van der Waals surface area contributed by atoms with Crippen molar-refractivity contribution in [3.05, 3.63) is 0 Å². The van der Waals surface area contributed by atoms with Crippen LogP contribution in [0.4, 0.5) is 0 Å². The van der Waals surface area contributed by atoms with Crippen LogP contribution in [0.25, 0.3) is 0 Å². The fourth-order valence-electron chi connectivity index (χ4n) is 3.33. The minimum atomic E-state index is 0.780. The maximum absolute atomic E-state index is 3.70. The zero-order valence-corrected chi connectivity index (χ0v) is 14.4. The van der Waals surface area contributed by atoms with Crippen molar-refractivity contribution >= 4 is 11.8 Å². The molecule has 1 aliphatic rings. The van der Waals surface area contributed by atoms with Crippen molar-refractivity contribution < 1.29 is 0 Å². The number of nitrogens with one attached hydrogen (secondary N) is 1. The van der Waals surface area contributed by atoms with Gasteiger partial charge in [-0.1, -0.05) is 34.1 Å². The van der Waals surface area contributed by atoms with E-state index in [1.807, 2.05) is 0 Å². The number of hydrogen-bond donors (Lipinski definition) is 1. The minimum Gasteiger partial charge on any atom is -0.316 e. The predicted molar refractivity (Wildman–Crippen MR) is 89.9 cm³/mol. The smallest absolute Gasteiger partial charge is 0.00178 e. The second-order valence-corrected chi connectivity index (χ2v) is 8.22. The Morgan fingerprint density at radius 1 is 1.21 bits per heavy atom. The van der Waals surface area contributed by atoms with Crippen molar-refractivity contribution in [2.45, 2.75) is 59.8 Å². The molecule has 1 fully saturated rings. The Bertz CT molecular complexity index is 217. The third-order valence-corrected chi connectivity index (χ3v) is 5.41. The summed E-state index contributed by atoms with van der Waals surface area (Å²) in [5.74, 6) is 6.32. The monoisotopic (exact) mass is 285 g/mol. The van der Waals surface area contributed by atoms with Crippen LogP contribution in [-0.4, -0.2) is 24.6 Å². The van der Waals surface area contributed by atoms with Gasteiger partial charge in [0.1, 0.15) is 0 Å². The summed E-state index contributed by atoms with van der Waals surface area (Å²) in [5, 5.41) is 3.70. The Hall–Kier alpha value is 0.310. The molecule has 0 aliphatic heterocycles. The van der Waals surface area contributed by atoms with Gasteiger partial charge in [-0.2, -0.15) is 11.8 Å². The molecule has 1 aliphatic carbocycles. The lowest BCUT2D eigenvalue weighted by Gasteiger charge is -2.35. The topological polar surface area (TPSA) is 12.0 Å². The molecule has 19 heavy (non-hydrogen) atoms. The van der Waals surface area contributed by atoms with Crippen molar-refractivity contribution in [3.8, 4) is 0 Å². The maximum atomic E-state index is 3.70. The van der Waals surface area contributed by atoms with Crippen LogP contribution in [0.1, 0.15) is 59.8 Å². The van der Waals surface area contributed by atoms with Gasteiger partial charge in [0.15, 0.2) is 0 Å². The molecule has 1 N–H and O–H groups in total. The summed E-state index contributed by atoms with van der Waals surface area (Å²) in [5.41, 5.74) is 0. The standard InChI is InChI=1S/C17H35NS/c1-5-19-10-6-7-16-11-15(4)8-9-17(16)13-18-12-14(2)3/h14-18H,5-13H2,1-4H3. The van der Waals surface area contributed by atoms with Crippen LogP contribution >= 0.6 is 11.8 Å². The molecule has 1 nitrogen and oxygen atoms in total. The molecule has 0 aromatic rings. The Balaban J connectivity index is 2.28. The van der Waals surface area contributed by atoms with E-state index >= 15 is 0 Å². The molecule has 0 saturated heterocycles. The third kappa shape index (κ3) is 7.60. The first kappa shape index (κ1) is 17.4. The van der Waals surface area contributed by atoms with Crippen molar-refractivity contribution in [1.82, 2.24) is 5.32 Å². The molecule has 0 radical (unpaired) electrons. The fourth-order valence-corrected chi connectivity index (χ4v) is 3.99. The van der Waals surface area contributed by atoms with Gasteiger partial charge in [-0.25, -0.2) is 0 Å². The van der Waals surface area contributed by atoms with Gasteiger partial charge in [0.05, 0.1) is 0 Å². The minimum absolute atomic E-state index is 0.780. The highest BCUT2D eigenvalue weighted by atomic mass is 32.2. The zero-order valence-electron chi connectivity index (χ0n) is 13.6. The van der Waals surface area contributed by atoms with E-state index in [0.717, 1.165) is 23.7 Å². The summed E-state index contributed by atoms with van der Waals surface area (Å²) in [7, 11) is 0. The van der Waals surface area contributed by atoms with Gasteiger partial charge in [-0.05, 0) is 74.0 Å². The van der Waals surface area contributed by atoms with Crippen LogP contribution in [0.2, 0.25) is 0 Å². The van der Waals surface area contributed by atoms with Gasteiger partial charge in [0.25, 0.3) is 0 Å². The maximum Gasteiger partial charge on any atom is -0.00178 e. The van der Waals surface area contributed by atoms with Crippen molar-refractivity contribution in [2.75, 3.05) is 24.6 Å². The Morgan fingerprint density at radius 2 is 2.00 bits per heavy atom. The highest BCUT2D eigenvalue weighted by Gasteiger charge is 2.27. The molecule has 2 heteroatoms. The number of hydrogen-bond acceptors (Lipinski definition) is 2. The van der Waals surface area contributed by atoms with Gasteiger partial charge in [-0.15, -0.1) is 0 Å². The molecule has 0 aromatic carbocycles. The van der Waals surface area contributed by atoms with Crippen LogP contribution < -0.4 is 5.32 Å². The molecule has 3 atom stereocenters. The normalized spacial score (nSPS) is 27.9. The molecular weight excluding hydrogens is 250 g/mol. The average Bonchev–Trinajstić information content (AvgIpc) is 2.36. The van der Waals surface area contributed by atoms with Gasteiger partial charge in [0.2, 0.25) is 0 Å². The Kier molecular flexibility index (Phi) is 9.23. The van der Waals surface area contributed by atoms with Crippen molar-refractivity contribution in [2.24, 2.45) is 23.7 Å². The van der Waals surface area contributed by atoms with Crippen LogP contribution in [-0.2, 0) is 0 Å². The van der Waals surface area contributed by atoms with E-state index < -0.39 is 0 Å². The zero-order chi connectivity index (χ0) is 14.1. The van der Waals surface area contributed by atoms with Crippen molar-refractivity contribution in [1.29, 1.82) is 0 Å². The first-order valence-corrected chi connectivity index (χ1v) is 9.57. The molecule has 3 unspecified atom stereocenters. The molecule has 114 valence electrons. The largest absolute Gasteiger partial charge is 0.316 e. The van der Waals surface area contributed by atoms with Crippen molar-refractivity contribution in [3.63, 3.8) is 0 Å². The number of thioether (sulfide) groups is 1. The quantitative estimate of drug-likeness (QED) is 0.610. The Morgan fingerprint density at radius 3 is 2.68 bits per heavy atom. The third-order valence-electron chi connectivity index (χ3n) is 4.43. The first-order valence-electron chi connectivity index (χ1n) is 8.41. The van der Waals surface area contributed by atoms with E-state index in [4.69, 9.17) is 0 Å². The second kappa shape index (κ2) is 10.1. The summed E-state index contributed by atoms with van der Waals surface area (Å²) in [4.78, 5) is 0. The number of rotatable bonds is 9. The van der Waals surface area contributed by atoms with Gasteiger partial charge in [-0.3, -0.25) is 0 Å². The van der Waals surface area contributed by atoms with Crippen LogP contribution in [0, 0.1) is 23.7 Å². The molecule has 0 amide bonds. The lowest BCUT2D eigenvalue weighted by Crippen LogP contribution is -2.34. The van der Waals surface area contributed by atoms with Gasteiger partial charge < -0.3 is 5.32 Å². The van der Waals surface area contributed by atoms with E-state index in [0.29, 0.717) is 0 Å². The van der Waals surface area contributed by atoms with E-state index in [9.17, 15) is 0 Å². The van der Waals surface area contributed by atoms with Gasteiger partial charge in [0, 0.05) is 0 Å². The summed E-state index contributed by atoms with van der Waals surface area (Å²) in [6.07, 6.45) is 7.28. The molecule has 0 aromatic heterocycles. The highest BCUT2D eigenvalue weighted by Crippen LogP contribution is 2.36. The summed E-state index contributed by atoms with van der Waals surface area (Å²) in [6.45, 7) is 11.8. The van der Waals surface area contributed by atoms with E-state index in [2.05, 4.69) is 44.8 Å². The van der Waals surface area contributed by atoms with E-state index in [-0.39, 0.29) is 0 Å². The second-order valence-electron chi connectivity index (χ2n) is 6.83. The van der Waals surface area contributed by atoms with Crippen LogP contribution in [0.15, 0.2) is 0 Å². The SMILES string of the molecule is CCSCCCC1CC(C)CCC1CNCC(C)C. The molecule has 0 spiro atoms. The average molecular weight is 286 g/mol. The molecular formula is C17H35NS. The molecule has 0 bridgehead atoms. The lowest BCUT2D eigenvalue weighted by molar-refractivity contribution is 0.173. The van der Waals surface area contributed by atoms with E-state index in [1.54, 1.807) is 0 Å². The van der Waals surface area contributed by atoms with Crippen LogP contribution in [0.3, 0.4) is 0 Å². The summed E-state index contributed by atoms with van der Waals surface area (Å²) < 4.78 is 0. The summed E-state index contributed by atoms with van der Waals surface area (Å²) >= 11 is 2.10. The van der Waals surface area contributed by atoms with Crippen LogP contribution in [0.5, 0.6) is 0 Å². The lowest BCUT2D eigenvalue weighted by atomic mass is 9.73. The molecule has 1 saturated carbocycles. The first-order chi connectivity index (χ1) is 9.13. The molecule has 0 heterocycles. The highest BCUT2D eigenvalue weighted by molar-refractivity contribution is 7.99. The van der Waals surface area contributed by atoms with Gasteiger partial charge >= 0.3 is 0 Å². The summed E-state index contributed by atoms with van der Waals surface area (Å²) in [6, 6.07) is 0.